The lowest BCUT2D eigenvalue weighted by molar-refractivity contribution is -0.141. The summed E-state index contributed by atoms with van der Waals surface area (Å²) in [6, 6.07) is 7.15. The average Bonchev–Trinajstić information content (AvgIpc) is 3.56. The maximum absolute atomic E-state index is 13.1. The van der Waals surface area contributed by atoms with Gasteiger partial charge in [0.15, 0.2) is 0 Å². The molecule has 0 amide bonds. The second-order valence-corrected chi connectivity index (χ2v) is 10.5. The highest BCUT2D eigenvalue weighted by molar-refractivity contribution is 5.89. The number of nitriles is 1. The van der Waals surface area contributed by atoms with Crippen molar-refractivity contribution in [1.29, 1.82) is 5.26 Å². The van der Waals surface area contributed by atoms with E-state index < -0.39 is 11.9 Å². The molecule has 0 unspecified atom stereocenters. The summed E-state index contributed by atoms with van der Waals surface area (Å²) in [6.45, 7) is 3.15. The van der Waals surface area contributed by atoms with E-state index in [0.29, 0.717) is 30.9 Å². The Kier molecular flexibility index (Phi) is 6.26. The summed E-state index contributed by atoms with van der Waals surface area (Å²) in [5.41, 5.74) is 1.58. The zero-order valence-corrected chi connectivity index (χ0v) is 21.3. The largest absolute Gasteiger partial charge is 0.474 e. The average molecular weight is 537 g/mol. The Labute approximate surface area is 222 Å². The Morgan fingerprint density at radius 3 is 2.74 bits per heavy atom. The Bertz CT molecular complexity index is 1520. The standard InChI is InChI=1S/C27H27F3N8O/c1-17-10-22(27(28,29)30)36-23(11-17)39-20-3-8-37(9-4-20)19-12-26(13-19,5-6-31)38-15-18(14-35-38)24-21-2-7-32-25(21)34-16-33-24/h2,7,10-11,14-16,19-20H,3-5,8-9,12-13H2,1H3,(H,32,33,34)/t19-,26-. The van der Waals surface area contributed by atoms with Crippen LogP contribution in [0, 0.1) is 18.3 Å². The van der Waals surface area contributed by atoms with Gasteiger partial charge in [-0.15, -0.1) is 0 Å². The molecule has 1 aliphatic heterocycles. The number of fused-ring (bicyclic) bond motifs is 1. The van der Waals surface area contributed by atoms with Crippen molar-refractivity contribution in [2.24, 2.45) is 0 Å². The summed E-state index contributed by atoms with van der Waals surface area (Å²) in [5.74, 6) is 0.0209. The van der Waals surface area contributed by atoms with E-state index in [9.17, 15) is 18.4 Å². The fraction of sp³-hybridized carbons (Fsp3) is 0.444. The Hall–Kier alpha value is -3.98. The SMILES string of the molecule is Cc1cc(OC2CCN([C@H]3C[C@](CC#N)(n4cc(-c5ncnc6[nH]ccc56)cn4)C3)CC2)nc(C(F)(F)F)c1. The number of nitrogens with zero attached hydrogens (tertiary/aromatic N) is 7. The number of aromatic nitrogens is 6. The van der Waals surface area contributed by atoms with Crippen LogP contribution in [-0.4, -0.2) is 59.9 Å². The van der Waals surface area contributed by atoms with Gasteiger partial charge in [0.1, 0.15) is 23.8 Å². The van der Waals surface area contributed by atoms with Gasteiger partial charge < -0.3 is 9.72 Å². The van der Waals surface area contributed by atoms with E-state index in [1.54, 1.807) is 19.2 Å². The number of pyridine rings is 1. The van der Waals surface area contributed by atoms with Crippen LogP contribution in [0.4, 0.5) is 13.2 Å². The van der Waals surface area contributed by atoms with Crippen LogP contribution < -0.4 is 4.74 Å². The number of hydrogen-bond acceptors (Lipinski definition) is 7. The highest BCUT2D eigenvalue weighted by Crippen LogP contribution is 2.45. The minimum Gasteiger partial charge on any atom is -0.474 e. The van der Waals surface area contributed by atoms with Crippen LogP contribution in [-0.2, 0) is 11.7 Å². The minimum atomic E-state index is -4.51. The zero-order valence-electron chi connectivity index (χ0n) is 21.3. The minimum absolute atomic E-state index is 0.0209. The molecule has 0 aromatic carbocycles. The first-order valence-electron chi connectivity index (χ1n) is 12.9. The van der Waals surface area contributed by atoms with E-state index in [1.165, 1.54) is 6.33 Å². The number of hydrogen-bond donors (Lipinski definition) is 1. The fourth-order valence-electron chi connectivity index (χ4n) is 5.81. The molecule has 0 radical (unpaired) electrons. The van der Waals surface area contributed by atoms with Crippen LogP contribution in [0.2, 0.25) is 0 Å². The molecular weight excluding hydrogens is 509 g/mol. The molecule has 9 nitrogen and oxygen atoms in total. The number of piperidine rings is 1. The zero-order chi connectivity index (χ0) is 27.2. The van der Waals surface area contributed by atoms with Crippen molar-refractivity contribution in [2.75, 3.05) is 13.1 Å². The number of alkyl halides is 3. The van der Waals surface area contributed by atoms with Crippen molar-refractivity contribution < 1.29 is 17.9 Å². The highest BCUT2D eigenvalue weighted by atomic mass is 19.4. The van der Waals surface area contributed by atoms with E-state index in [4.69, 9.17) is 4.74 Å². The van der Waals surface area contributed by atoms with E-state index in [-0.39, 0.29) is 17.5 Å². The molecule has 0 atom stereocenters. The van der Waals surface area contributed by atoms with Crippen molar-refractivity contribution >= 4 is 11.0 Å². The molecule has 1 saturated carbocycles. The number of likely N-dealkylation sites (tertiary alicyclic amines) is 1. The van der Waals surface area contributed by atoms with Gasteiger partial charge in [0, 0.05) is 48.5 Å². The van der Waals surface area contributed by atoms with Crippen molar-refractivity contribution in [3.63, 3.8) is 0 Å². The number of H-pyrrole nitrogens is 1. The lowest BCUT2D eigenvalue weighted by Gasteiger charge is -2.52. The highest BCUT2D eigenvalue weighted by Gasteiger charge is 2.49. The molecule has 4 aromatic rings. The molecule has 2 fully saturated rings. The van der Waals surface area contributed by atoms with Crippen LogP contribution in [0.15, 0.2) is 43.1 Å². The van der Waals surface area contributed by atoms with Crippen molar-refractivity contribution in [2.45, 2.75) is 62.9 Å². The molecule has 1 N–H and O–H groups in total. The van der Waals surface area contributed by atoms with Gasteiger partial charge in [-0.25, -0.2) is 15.0 Å². The lowest BCUT2D eigenvalue weighted by atomic mass is 9.69. The Morgan fingerprint density at radius 1 is 1.21 bits per heavy atom. The second kappa shape index (κ2) is 9.64. The Morgan fingerprint density at radius 2 is 2.00 bits per heavy atom. The first-order chi connectivity index (χ1) is 18.7. The van der Waals surface area contributed by atoms with Crippen LogP contribution in [0.3, 0.4) is 0 Å². The summed E-state index contributed by atoms with van der Waals surface area (Å²) in [5, 5.41) is 15.2. The van der Waals surface area contributed by atoms with Gasteiger partial charge in [-0.05, 0) is 50.3 Å². The second-order valence-electron chi connectivity index (χ2n) is 10.5. The van der Waals surface area contributed by atoms with Crippen molar-refractivity contribution in [3.8, 4) is 23.2 Å². The molecule has 1 aliphatic carbocycles. The van der Waals surface area contributed by atoms with Crippen molar-refractivity contribution in [3.05, 3.63) is 54.4 Å². The van der Waals surface area contributed by atoms with Gasteiger partial charge in [0.05, 0.1) is 29.9 Å². The van der Waals surface area contributed by atoms with Gasteiger partial charge in [0.25, 0.3) is 0 Å². The van der Waals surface area contributed by atoms with E-state index in [1.807, 2.05) is 23.1 Å². The summed E-state index contributed by atoms with van der Waals surface area (Å²) >= 11 is 0. The Balaban J connectivity index is 1.09. The third-order valence-electron chi connectivity index (χ3n) is 7.85. The maximum atomic E-state index is 13.1. The quantitative estimate of drug-likeness (QED) is 0.375. The topological polar surface area (TPSA) is 109 Å². The normalized spacial score (nSPS) is 22.5. The molecule has 202 valence electrons. The fourth-order valence-corrected chi connectivity index (χ4v) is 5.81. The van der Waals surface area contributed by atoms with Crippen molar-refractivity contribution in [1.82, 2.24) is 34.6 Å². The molecule has 4 aromatic heterocycles. The lowest BCUT2D eigenvalue weighted by Crippen LogP contribution is -2.58. The third kappa shape index (κ3) is 4.83. The first-order valence-corrected chi connectivity index (χ1v) is 12.9. The smallest absolute Gasteiger partial charge is 0.433 e. The predicted octanol–water partition coefficient (Wildman–Crippen LogP) is 4.86. The molecule has 5 heterocycles. The molecule has 0 spiro atoms. The van der Waals surface area contributed by atoms with Crippen LogP contribution in [0.25, 0.3) is 22.3 Å². The molecule has 0 bridgehead atoms. The monoisotopic (exact) mass is 536 g/mol. The number of aryl methyl sites for hydroxylation is 1. The summed E-state index contributed by atoms with van der Waals surface area (Å²) in [4.78, 5) is 17.9. The van der Waals surface area contributed by atoms with Crippen LogP contribution >= 0.6 is 0 Å². The van der Waals surface area contributed by atoms with Crippen LogP contribution in [0.5, 0.6) is 5.88 Å². The third-order valence-corrected chi connectivity index (χ3v) is 7.85. The molecule has 1 saturated heterocycles. The summed E-state index contributed by atoms with van der Waals surface area (Å²) < 4.78 is 47.2. The van der Waals surface area contributed by atoms with E-state index in [0.717, 1.165) is 54.3 Å². The van der Waals surface area contributed by atoms with Crippen LogP contribution in [0.1, 0.15) is 43.4 Å². The molecule has 39 heavy (non-hydrogen) atoms. The van der Waals surface area contributed by atoms with E-state index in [2.05, 4.69) is 36.0 Å². The molecular formula is C27H27F3N8O. The predicted molar refractivity (Wildman–Crippen MR) is 136 cm³/mol. The van der Waals surface area contributed by atoms with Gasteiger partial charge in [-0.2, -0.15) is 23.5 Å². The summed E-state index contributed by atoms with van der Waals surface area (Å²) in [7, 11) is 0. The summed E-state index contributed by atoms with van der Waals surface area (Å²) in [6.07, 6.45) is 5.75. The molecule has 2 aliphatic rings. The first kappa shape index (κ1) is 25.3. The number of aromatic amines is 1. The number of rotatable bonds is 6. The van der Waals surface area contributed by atoms with Gasteiger partial charge >= 0.3 is 6.18 Å². The number of halogens is 3. The van der Waals surface area contributed by atoms with Gasteiger partial charge in [0.2, 0.25) is 5.88 Å². The van der Waals surface area contributed by atoms with Gasteiger partial charge in [-0.3, -0.25) is 9.58 Å². The molecule has 12 heteroatoms. The molecule has 6 rings (SSSR count). The van der Waals surface area contributed by atoms with E-state index >= 15 is 0 Å². The maximum Gasteiger partial charge on any atom is 0.433 e. The van der Waals surface area contributed by atoms with Gasteiger partial charge in [-0.1, -0.05) is 0 Å². The number of nitrogens with one attached hydrogen (secondary N) is 1. The number of ether oxygens (including phenoxy) is 1.